The molecule has 2 rings (SSSR count). The van der Waals surface area contributed by atoms with E-state index in [1.165, 1.54) is 12.1 Å². The van der Waals surface area contributed by atoms with E-state index >= 15 is 0 Å². The summed E-state index contributed by atoms with van der Waals surface area (Å²) < 4.78 is 28.2. The smallest absolute Gasteiger partial charge is 0.149 e. The fourth-order valence-corrected chi connectivity index (χ4v) is 2.97. The van der Waals surface area contributed by atoms with E-state index in [9.17, 15) is 8.78 Å². The van der Waals surface area contributed by atoms with Gasteiger partial charge in [0, 0.05) is 18.4 Å². The van der Waals surface area contributed by atoms with Crippen LogP contribution in [-0.4, -0.2) is 13.1 Å². The SMILES string of the molecule is CC1(C)CCCN(c2c(F)cc(CBr)cc2F)CC1. The number of benzene rings is 1. The predicted octanol–water partition coefficient (Wildman–Crippen LogP) is 4.88. The van der Waals surface area contributed by atoms with Gasteiger partial charge in [0.15, 0.2) is 0 Å². The Balaban J connectivity index is 2.27. The molecule has 1 aromatic carbocycles. The van der Waals surface area contributed by atoms with Crippen LogP contribution in [0.3, 0.4) is 0 Å². The van der Waals surface area contributed by atoms with Gasteiger partial charge in [-0.05, 0) is 42.4 Å². The lowest BCUT2D eigenvalue weighted by atomic mass is 9.85. The van der Waals surface area contributed by atoms with Gasteiger partial charge in [-0.2, -0.15) is 0 Å². The van der Waals surface area contributed by atoms with E-state index in [4.69, 9.17) is 0 Å². The van der Waals surface area contributed by atoms with Crippen molar-refractivity contribution in [3.8, 4) is 0 Å². The van der Waals surface area contributed by atoms with Crippen LogP contribution < -0.4 is 4.90 Å². The Labute approximate surface area is 122 Å². The first-order chi connectivity index (χ1) is 8.93. The van der Waals surface area contributed by atoms with Crippen LogP contribution in [0.25, 0.3) is 0 Å². The van der Waals surface area contributed by atoms with Gasteiger partial charge >= 0.3 is 0 Å². The first-order valence-corrected chi connectivity index (χ1v) is 7.84. The van der Waals surface area contributed by atoms with Crippen LogP contribution in [-0.2, 0) is 5.33 Å². The van der Waals surface area contributed by atoms with Crippen LogP contribution >= 0.6 is 15.9 Å². The van der Waals surface area contributed by atoms with Gasteiger partial charge < -0.3 is 4.90 Å². The molecule has 0 spiro atoms. The van der Waals surface area contributed by atoms with E-state index in [0.717, 1.165) is 25.8 Å². The molecule has 1 heterocycles. The third-order valence-corrected chi connectivity index (χ3v) is 4.53. The lowest BCUT2D eigenvalue weighted by molar-refractivity contribution is 0.325. The van der Waals surface area contributed by atoms with Crippen molar-refractivity contribution < 1.29 is 8.78 Å². The maximum Gasteiger partial charge on any atom is 0.149 e. The molecule has 1 aliphatic heterocycles. The van der Waals surface area contributed by atoms with Gasteiger partial charge in [0.1, 0.15) is 17.3 Å². The van der Waals surface area contributed by atoms with E-state index in [1.54, 1.807) is 0 Å². The molecule has 1 nitrogen and oxygen atoms in total. The number of anilines is 1. The summed E-state index contributed by atoms with van der Waals surface area (Å²) >= 11 is 3.23. The van der Waals surface area contributed by atoms with Crippen molar-refractivity contribution in [3.63, 3.8) is 0 Å². The zero-order chi connectivity index (χ0) is 14.0. The first-order valence-electron chi connectivity index (χ1n) is 6.72. The Morgan fingerprint density at radius 2 is 1.79 bits per heavy atom. The second-order valence-electron chi connectivity index (χ2n) is 6.05. The standard InChI is InChI=1S/C15H20BrF2N/c1-15(2)4-3-6-19(7-5-15)14-12(17)8-11(10-16)9-13(14)18/h8-9H,3-7,10H2,1-2H3. The number of hydrogen-bond acceptors (Lipinski definition) is 1. The van der Waals surface area contributed by atoms with Crippen molar-refractivity contribution in [3.05, 3.63) is 29.3 Å². The first kappa shape index (κ1) is 14.8. The van der Waals surface area contributed by atoms with Gasteiger partial charge in [-0.15, -0.1) is 0 Å². The molecule has 0 amide bonds. The summed E-state index contributed by atoms with van der Waals surface area (Å²) in [5, 5.41) is 0.466. The molecule has 0 N–H and O–H groups in total. The summed E-state index contributed by atoms with van der Waals surface area (Å²) in [6, 6.07) is 2.84. The van der Waals surface area contributed by atoms with Crippen molar-refractivity contribution in [1.82, 2.24) is 0 Å². The molecule has 0 unspecified atom stereocenters. The Bertz CT molecular complexity index is 436. The highest BCUT2D eigenvalue weighted by Gasteiger charge is 2.26. The average molecular weight is 332 g/mol. The zero-order valence-electron chi connectivity index (χ0n) is 11.5. The van der Waals surface area contributed by atoms with Crippen LogP contribution in [0.2, 0.25) is 0 Å². The van der Waals surface area contributed by atoms with Crippen molar-refractivity contribution in [2.45, 2.75) is 38.4 Å². The van der Waals surface area contributed by atoms with Crippen LogP contribution in [0.4, 0.5) is 14.5 Å². The predicted molar refractivity (Wildman–Crippen MR) is 78.8 cm³/mol. The van der Waals surface area contributed by atoms with Gasteiger partial charge in [-0.1, -0.05) is 29.8 Å². The highest BCUT2D eigenvalue weighted by Crippen LogP contribution is 2.34. The molecule has 0 atom stereocenters. The van der Waals surface area contributed by atoms with E-state index in [1.807, 2.05) is 4.90 Å². The minimum atomic E-state index is -0.450. The molecule has 0 aromatic heterocycles. The summed E-state index contributed by atoms with van der Waals surface area (Å²) in [5.41, 5.74) is 1.04. The summed E-state index contributed by atoms with van der Waals surface area (Å²) in [6.45, 7) is 5.88. The van der Waals surface area contributed by atoms with Crippen molar-refractivity contribution in [1.29, 1.82) is 0 Å². The van der Waals surface area contributed by atoms with Crippen LogP contribution in [0.1, 0.15) is 38.7 Å². The molecular weight excluding hydrogens is 312 g/mol. The molecule has 0 bridgehead atoms. The van der Waals surface area contributed by atoms with Gasteiger partial charge in [-0.25, -0.2) is 8.78 Å². The molecule has 0 saturated carbocycles. The largest absolute Gasteiger partial charge is 0.367 e. The number of hydrogen-bond donors (Lipinski definition) is 0. The van der Waals surface area contributed by atoms with Gasteiger partial charge in [0.05, 0.1) is 0 Å². The number of nitrogens with zero attached hydrogens (tertiary/aromatic N) is 1. The van der Waals surface area contributed by atoms with E-state index < -0.39 is 11.6 Å². The van der Waals surface area contributed by atoms with Gasteiger partial charge in [0.25, 0.3) is 0 Å². The van der Waals surface area contributed by atoms with Crippen LogP contribution in [0.5, 0.6) is 0 Å². The Hall–Kier alpha value is -0.640. The summed E-state index contributed by atoms with van der Waals surface area (Å²) in [4.78, 5) is 1.86. The minimum Gasteiger partial charge on any atom is -0.367 e. The van der Waals surface area contributed by atoms with E-state index in [0.29, 0.717) is 17.4 Å². The molecular formula is C15H20BrF2N. The summed E-state index contributed by atoms with van der Waals surface area (Å²) in [7, 11) is 0. The lowest BCUT2D eigenvalue weighted by Crippen LogP contribution is -2.27. The molecule has 106 valence electrons. The highest BCUT2D eigenvalue weighted by molar-refractivity contribution is 9.08. The molecule has 1 aliphatic rings. The monoisotopic (exact) mass is 331 g/mol. The molecule has 1 aromatic rings. The minimum absolute atomic E-state index is 0.141. The molecule has 4 heteroatoms. The number of rotatable bonds is 2. The van der Waals surface area contributed by atoms with Gasteiger partial charge in [-0.3, -0.25) is 0 Å². The molecule has 0 aliphatic carbocycles. The molecule has 1 saturated heterocycles. The van der Waals surface area contributed by atoms with Crippen molar-refractivity contribution >= 4 is 21.6 Å². The fourth-order valence-electron chi connectivity index (χ4n) is 2.64. The topological polar surface area (TPSA) is 3.24 Å². The zero-order valence-corrected chi connectivity index (χ0v) is 13.1. The highest BCUT2D eigenvalue weighted by atomic mass is 79.9. The number of halogens is 3. The van der Waals surface area contributed by atoms with Crippen molar-refractivity contribution in [2.24, 2.45) is 5.41 Å². The summed E-state index contributed by atoms with van der Waals surface area (Å²) in [5.74, 6) is -0.900. The average Bonchev–Trinajstić information content (AvgIpc) is 2.50. The third-order valence-electron chi connectivity index (χ3n) is 3.89. The Morgan fingerprint density at radius 3 is 2.37 bits per heavy atom. The molecule has 19 heavy (non-hydrogen) atoms. The quantitative estimate of drug-likeness (QED) is 0.698. The molecule has 0 radical (unpaired) electrons. The normalized spacial score (nSPS) is 19.3. The second-order valence-corrected chi connectivity index (χ2v) is 6.61. The van der Waals surface area contributed by atoms with E-state index in [-0.39, 0.29) is 11.1 Å². The molecule has 1 fully saturated rings. The summed E-state index contributed by atoms with van der Waals surface area (Å²) in [6.07, 6.45) is 3.05. The maximum absolute atomic E-state index is 14.1. The fraction of sp³-hybridized carbons (Fsp3) is 0.600. The van der Waals surface area contributed by atoms with Crippen LogP contribution in [0.15, 0.2) is 12.1 Å². The Kier molecular flexibility index (Phi) is 4.49. The van der Waals surface area contributed by atoms with Crippen molar-refractivity contribution in [2.75, 3.05) is 18.0 Å². The lowest BCUT2D eigenvalue weighted by Gasteiger charge is -2.25. The second kappa shape index (κ2) is 5.78. The third kappa shape index (κ3) is 3.47. The van der Waals surface area contributed by atoms with Crippen LogP contribution in [0, 0.1) is 17.0 Å². The van der Waals surface area contributed by atoms with Gasteiger partial charge in [0.2, 0.25) is 0 Å². The Morgan fingerprint density at radius 1 is 1.16 bits per heavy atom. The maximum atomic E-state index is 14.1. The number of alkyl halides is 1. The van der Waals surface area contributed by atoms with E-state index in [2.05, 4.69) is 29.8 Å².